The van der Waals surface area contributed by atoms with Crippen molar-refractivity contribution in [1.29, 1.82) is 0 Å². The predicted octanol–water partition coefficient (Wildman–Crippen LogP) is 3.24. The van der Waals surface area contributed by atoms with E-state index >= 15 is 0 Å². The second-order valence-electron chi connectivity index (χ2n) is 6.19. The highest BCUT2D eigenvalue weighted by molar-refractivity contribution is 7.89. The highest BCUT2D eigenvalue weighted by Crippen LogP contribution is 2.31. The molecule has 0 saturated heterocycles. The number of carbonyl (C=O) groups excluding carboxylic acids is 1. The van der Waals surface area contributed by atoms with Crippen LogP contribution in [-0.2, 0) is 21.2 Å². The van der Waals surface area contributed by atoms with Crippen LogP contribution >= 0.6 is 11.6 Å². The van der Waals surface area contributed by atoms with E-state index < -0.39 is 10.0 Å². The number of pyridine rings is 1. The van der Waals surface area contributed by atoms with E-state index in [4.69, 9.17) is 21.5 Å². The minimum Gasteiger partial charge on any atom is -0.495 e. The number of hydrogen-bond acceptors (Lipinski definition) is 5. The second kappa shape index (κ2) is 8.60. The zero-order valence-electron chi connectivity index (χ0n) is 15.4. The first kappa shape index (κ1) is 20.8. The van der Waals surface area contributed by atoms with Crippen LogP contribution in [0.25, 0.3) is 11.1 Å². The van der Waals surface area contributed by atoms with Gasteiger partial charge in [0, 0.05) is 28.0 Å². The van der Waals surface area contributed by atoms with E-state index in [9.17, 15) is 13.2 Å². The molecule has 2 aromatic carbocycles. The number of aromatic nitrogens is 1. The molecule has 0 unspecified atom stereocenters. The normalized spacial score (nSPS) is 11.1. The molecule has 0 bridgehead atoms. The molecule has 0 fully saturated rings. The van der Waals surface area contributed by atoms with Gasteiger partial charge < -0.3 is 10.1 Å². The molecule has 1 aromatic heterocycles. The Hall–Kier alpha value is -2.94. The van der Waals surface area contributed by atoms with Crippen molar-refractivity contribution in [1.82, 2.24) is 4.98 Å². The fourth-order valence-corrected chi connectivity index (χ4v) is 3.76. The quantitative estimate of drug-likeness (QED) is 0.622. The number of nitrogens with two attached hydrogens (primary N) is 1. The van der Waals surface area contributed by atoms with Gasteiger partial charge >= 0.3 is 0 Å². The Kier molecular flexibility index (Phi) is 6.17. The lowest BCUT2D eigenvalue weighted by Crippen LogP contribution is -2.17. The van der Waals surface area contributed by atoms with Crippen molar-refractivity contribution in [3.8, 4) is 16.9 Å². The average Bonchev–Trinajstić information content (AvgIpc) is 2.69. The van der Waals surface area contributed by atoms with Crippen LogP contribution in [0.5, 0.6) is 5.75 Å². The number of benzene rings is 2. The van der Waals surface area contributed by atoms with Crippen molar-refractivity contribution in [3.05, 3.63) is 71.5 Å². The molecular weight excluding hydrogens is 414 g/mol. The van der Waals surface area contributed by atoms with E-state index in [1.807, 2.05) is 0 Å². The van der Waals surface area contributed by atoms with Crippen molar-refractivity contribution in [2.24, 2.45) is 5.14 Å². The van der Waals surface area contributed by atoms with Crippen molar-refractivity contribution in [3.63, 3.8) is 0 Å². The van der Waals surface area contributed by atoms with Gasteiger partial charge in [-0.2, -0.15) is 0 Å². The fourth-order valence-electron chi connectivity index (χ4n) is 2.77. The van der Waals surface area contributed by atoms with Gasteiger partial charge in [-0.25, -0.2) is 13.6 Å². The molecule has 1 heterocycles. The Balaban J connectivity index is 1.92. The van der Waals surface area contributed by atoms with Crippen molar-refractivity contribution in [2.45, 2.75) is 11.3 Å². The van der Waals surface area contributed by atoms with Gasteiger partial charge in [0.15, 0.2) is 0 Å². The van der Waals surface area contributed by atoms with Gasteiger partial charge in [0.2, 0.25) is 15.9 Å². The maximum Gasteiger partial charge on any atom is 0.238 e. The van der Waals surface area contributed by atoms with Gasteiger partial charge in [0.25, 0.3) is 0 Å². The molecule has 0 saturated carbocycles. The number of sulfonamides is 1. The molecule has 3 rings (SSSR count). The van der Waals surface area contributed by atoms with E-state index in [1.165, 1.54) is 25.6 Å². The molecular formula is C20H18ClN3O4S. The van der Waals surface area contributed by atoms with E-state index in [0.717, 1.165) is 0 Å². The molecule has 150 valence electrons. The van der Waals surface area contributed by atoms with Crippen LogP contribution in [0, 0.1) is 0 Å². The molecule has 3 aromatic rings. The summed E-state index contributed by atoms with van der Waals surface area (Å²) in [5, 5.41) is 8.55. The number of nitrogens with one attached hydrogen (secondary N) is 1. The molecule has 0 radical (unpaired) electrons. The number of carbonyl (C=O) groups is 1. The Morgan fingerprint density at radius 2 is 1.93 bits per heavy atom. The lowest BCUT2D eigenvalue weighted by molar-refractivity contribution is -0.115. The predicted molar refractivity (Wildman–Crippen MR) is 111 cm³/mol. The molecule has 7 nitrogen and oxygen atoms in total. The number of ether oxygens (including phenoxy) is 1. The molecule has 9 heteroatoms. The second-order valence-corrected chi connectivity index (χ2v) is 8.12. The van der Waals surface area contributed by atoms with E-state index in [0.29, 0.717) is 33.1 Å². The molecule has 0 aliphatic heterocycles. The molecule has 1 amide bonds. The van der Waals surface area contributed by atoms with E-state index in [2.05, 4.69) is 10.3 Å². The van der Waals surface area contributed by atoms with Gasteiger partial charge in [-0.05, 0) is 29.8 Å². The number of methoxy groups -OCH3 is 1. The van der Waals surface area contributed by atoms with Gasteiger partial charge in [-0.15, -0.1) is 0 Å². The van der Waals surface area contributed by atoms with Crippen LogP contribution in [0.2, 0.25) is 5.02 Å². The highest BCUT2D eigenvalue weighted by Gasteiger charge is 2.18. The standard InChI is InChI=1S/C20H18ClN3O4S/c1-28-16-8-14(11-23-12-16)17-7-6-15(10-19(17)29(22,26)27)24-20(25)9-13-4-2-3-5-18(13)21/h2-8,10-12H,9H2,1H3,(H,24,25)(H2,22,26,27). The Morgan fingerprint density at radius 3 is 2.62 bits per heavy atom. The molecule has 0 aliphatic carbocycles. The summed E-state index contributed by atoms with van der Waals surface area (Å²) in [6.45, 7) is 0. The number of rotatable bonds is 6. The maximum atomic E-state index is 12.4. The first-order valence-electron chi connectivity index (χ1n) is 8.47. The average molecular weight is 432 g/mol. The smallest absolute Gasteiger partial charge is 0.238 e. The van der Waals surface area contributed by atoms with Gasteiger partial charge in [-0.3, -0.25) is 9.78 Å². The van der Waals surface area contributed by atoms with E-state index in [1.54, 1.807) is 42.5 Å². The maximum absolute atomic E-state index is 12.4. The third-order valence-electron chi connectivity index (χ3n) is 4.14. The Morgan fingerprint density at radius 1 is 1.17 bits per heavy atom. The molecule has 3 N–H and O–H groups in total. The van der Waals surface area contributed by atoms with Gasteiger partial charge in [-0.1, -0.05) is 35.9 Å². The number of amides is 1. The summed E-state index contributed by atoms with van der Waals surface area (Å²) in [5.41, 5.74) is 1.83. The van der Waals surface area contributed by atoms with Crippen LogP contribution in [-0.4, -0.2) is 26.4 Å². The largest absolute Gasteiger partial charge is 0.495 e. The lowest BCUT2D eigenvalue weighted by atomic mass is 10.1. The third kappa shape index (κ3) is 5.11. The highest BCUT2D eigenvalue weighted by atomic mass is 35.5. The minimum absolute atomic E-state index is 0.0476. The SMILES string of the molecule is COc1cncc(-c2ccc(NC(=O)Cc3ccccc3Cl)cc2S(N)(=O)=O)c1. The molecule has 0 atom stereocenters. The summed E-state index contributed by atoms with van der Waals surface area (Å²) in [6, 6.07) is 13.1. The lowest BCUT2D eigenvalue weighted by Gasteiger charge is -2.12. The summed E-state index contributed by atoms with van der Waals surface area (Å²) >= 11 is 6.08. The van der Waals surface area contributed by atoms with Crippen LogP contribution in [0.4, 0.5) is 5.69 Å². The van der Waals surface area contributed by atoms with Crippen molar-refractivity contribution in [2.75, 3.05) is 12.4 Å². The summed E-state index contributed by atoms with van der Waals surface area (Å²) in [7, 11) is -2.58. The summed E-state index contributed by atoms with van der Waals surface area (Å²) in [5.74, 6) is 0.134. The zero-order chi connectivity index (χ0) is 21.0. The van der Waals surface area contributed by atoms with Gasteiger partial charge in [0.05, 0.1) is 24.6 Å². The Bertz CT molecular complexity index is 1170. The summed E-state index contributed by atoms with van der Waals surface area (Å²) < 4.78 is 29.4. The van der Waals surface area contributed by atoms with Crippen LogP contribution in [0.15, 0.2) is 65.8 Å². The minimum atomic E-state index is -4.07. The van der Waals surface area contributed by atoms with E-state index in [-0.39, 0.29) is 17.2 Å². The fraction of sp³-hybridized carbons (Fsp3) is 0.100. The zero-order valence-corrected chi connectivity index (χ0v) is 17.0. The number of hydrogen-bond donors (Lipinski definition) is 2. The van der Waals surface area contributed by atoms with Crippen molar-refractivity contribution >= 4 is 33.2 Å². The molecule has 29 heavy (non-hydrogen) atoms. The van der Waals surface area contributed by atoms with Crippen LogP contribution in [0.3, 0.4) is 0 Å². The van der Waals surface area contributed by atoms with Crippen LogP contribution < -0.4 is 15.2 Å². The van der Waals surface area contributed by atoms with Gasteiger partial charge in [0.1, 0.15) is 5.75 Å². The first-order valence-corrected chi connectivity index (χ1v) is 10.4. The monoisotopic (exact) mass is 431 g/mol. The molecule has 0 aliphatic rings. The third-order valence-corrected chi connectivity index (χ3v) is 5.46. The number of primary sulfonamides is 1. The summed E-state index contributed by atoms with van der Waals surface area (Å²) in [4.78, 5) is 16.3. The van der Waals surface area contributed by atoms with Crippen molar-refractivity contribution < 1.29 is 17.9 Å². The number of anilines is 1. The summed E-state index contributed by atoms with van der Waals surface area (Å²) in [6.07, 6.45) is 3.05. The Labute approximate surface area is 173 Å². The topological polar surface area (TPSA) is 111 Å². The number of nitrogens with zero attached hydrogens (tertiary/aromatic N) is 1. The first-order chi connectivity index (χ1) is 13.8. The molecule has 0 spiro atoms. The van der Waals surface area contributed by atoms with Crippen LogP contribution in [0.1, 0.15) is 5.56 Å². The number of halogens is 1.